The lowest BCUT2D eigenvalue weighted by molar-refractivity contribution is 0.0784. The molecule has 7 nitrogen and oxygen atoms in total. The van der Waals surface area contributed by atoms with Gasteiger partial charge in [-0.3, -0.25) is 14.0 Å². The maximum Gasteiger partial charge on any atom is 0.266 e. The van der Waals surface area contributed by atoms with Gasteiger partial charge in [-0.25, -0.2) is 18.2 Å². The molecule has 0 spiro atoms. The summed E-state index contributed by atoms with van der Waals surface area (Å²) in [6.45, 7) is -0.202. The van der Waals surface area contributed by atoms with Crippen LogP contribution < -0.4 is 10.9 Å². The largest absolute Gasteiger partial charge is 0.391 e. The summed E-state index contributed by atoms with van der Waals surface area (Å²) in [5.41, 5.74) is -0.367. The van der Waals surface area contributed by atoms with Crippen LogP contribution in [0.4, 0.5) is 19.0 Å². The van der Waals surface area contributed by atoms with E-state index in [1.807, 2.05) is 0 Å². The first-order valence-electron chi connectivity index (χ1n) is 10.0. The number of hydrogen-bond acceptors (Lipinski definition) is 5. The molecule has 32 heavy (non-hydrogen) atoms. The van der Waals surface area contributed by atoms with E-state index in [1.165, 1.54) is 35.3 Å². The molecule has 3 heterocycles. The van der Waals surface area contributed by atoms with Crippen LogP contribution in [-0.2, 0) is 6.54 Å². The van der Waals surface area contributed by atoms with Gasteiger partial charge in [0.2, 0.25) is 0 Å². The molecular weight excluding hydrogens is 423 g/mol. The highest BCUT2D eigenvalue weighted by molar-refractivity contribution is 5.78. The van der Waals surface area contributed by atoms with Crippen molar-refractivity contribution in [2.24, 2.45) is 0 Å². The van der Waals surface area contributed by atoms with E-state index in [2.05, 4.69) is 15.4 Å². The molecule has 1 aromatic carbocycles. The Labute approximate surface area is 179 Å². The summed E-state index contributed by atoms with van der Waals surface area (Å²) in [4.78, 5) is 17.0. The average molecular weight is 441 g/mol. The third-order valence-electron chi connectivity index (χ3n) is 5.75. The van der Waals surface area contributed by atoms with Crippen LogP contribution in [0.1, 0.15) is 18.4 Å². The minimum absolute atomic E-state index is 0.0175. The van der Waals surface area contributed by atoms with Crippen LogP contribution in [0.5, 0.6) is 0 Å². The van der Waals surface area contributed by atoms with Gasteiger partial charge < -0.3 is 10.4 Å². The van der Waals surface area contributed by atoms with Gasteiger partial charge >= 0.3 is 0 Å². The molecule has 10 heteroatoms. The Morgan fingerprint density at radius 1 is 1.09 bits per heavy atom. The highest BCUT2D eigenvalue weighted by Gasteiger charge is 2.29. The standard InChI is InChI=1S/C22H18F3N5O2/c23-14-2-1-3-15(24)13(14)11-30-18-6-7-29(22(32)12(18)9-27-30)19-8-21(26-10-16(19)25)28-17-4-5-20(17)31/h1-3,6-10,17,20,31H,4-5,11H2,(H,26,28)/t17?,20-/m0/s1. The Morgan fingerprint density at radius 3 is 2.56 bits per heavy atom. The van der Waals surface area contributed by atoms with Gasteiger partial charge in [-0.05, 0) is 31.0 Å². The fraction of sp³-hybridized carbons (Fsp3) is 0.227. The number of nitrogens with zero attached hydrogens (tertiary/aromatic N) is 4. The summed E-state index contributed by atoms with van der Waals surface area (Å²) in [5.74, 6) is -1.79. The zero-order valence-electron chi connectivity index (χ0n) is 16.7. The second-order valence-corrected chi connectivity index (χ2v) is 7.71. The topological polar surface area (TPSA) is 85.0 Å². The van der Waals surface area contributed by atoms with E-state index in [9.17, 15) is 23.1 Å². The smallest absolute Gasteiger partial charge is 0.266 e. The minimum atomic E-state index is -0.711. The molecule has 1 fully saturated rings. The predicted octanol–water partition coefficient (Wildman–Crippen LogP) is 2.98. The van der Waals surface area contributed by atoms with Crippen molar-refractivity contribution in [1.82, 2.24) is 19.3 Å². The third kappa shape index (κ3) is 3.42. The highest BCUT2D eigenvalue weighted by atomic mass is 19.1. The number of hydrogen-bond donors (Lipinski definition) is 2. The Hall–Kier alpha value is -3.66. The van der Waals surface area contributed by atoms with Gasteiger partial charge in [0, 0.05) is 17.8 Å². The molecule has 4 aromatic rings. The van der Waals surface area contributed by atoms with Crippen LogP contribution >= 0.6 is 0 Å². The van der Waals surface area contributed by atoms with Gasteiger partial charge in [-0.15, -0.1) is 0 Å². The van der Waals surface area contributed by atoms with Crippen molar-refractivity contribution < 1.29 is 18.3 Å². The fourth-order valence-corrected chi connectivity index (χ4v) is 3.76. The van der Waals surface area contributed by atoms with E-state index >= 15 is 0 Å². The van der Waals surface area contributed by atoms with Crippen molar-refractivity contribution in [1.29, 1.82) is 0 Å². The summed E-state index contributed by atoms with van der Waals surface area (Å²) >= 11 is 0. The van der Waals surface area contributed by atoms with Gasteiger partial charge in [0.15, 0.2) is 5.82 Å². The number of aromatic nitrogens is 4. The second kappa shape index (κ2) is 7.79. The summed E-state index contributed by atoms with van der Waals surface area (Å²) < 4.78 is 45.0. The Morgan fingerprint density at radius 2 is 1.88 bits per heavy atom. The van der Waals surface area contributed by atoms with E-state index in [0.29, 0.717) is 17.8 Å². The van der Waals surface area contributed by atoms with Gasteiger partial charge in [0.1, 0.15) is 17.5 Å². The SMILES string of the molecule is O=c1c2cnn(Cc3c(F)cccc3F)c2ccn1-c1cc(NC2CC[C@@H]2O)ncc1F. The number of rotatable bonds is 5. The van der Waals surface area contributed by atoms with Crippen molar-refractivity contribution in [3.05, 3.63) is 82.3 Å². The lowest BCUT2D eigenvalue weighted by Crippen LogP contribution is -2.42. The monoisotopic (exact) mass is 441 g/mol. The number of halogens is 3. The molecule has 1 unspecified atom stereocenters. The number of fused-ring (bicyclic) bond motifs is 1. The van der Waals surface area contributed by atoms with E-state index in [1.54, 1.807) is 0 Å². The molecule has 1 saturated carbocycles. The first-order valence-corrected chi connectivity index (χ1v) is 10.0. The van der Waals surface area contributed by atoms with Gasteiger partial charge in [-0.2, -0.15) is 5.10 Å². The maximum absolute atomic E-state index is 14.5. The summed E-state index contributed by atoms with van der Waals surface area (Å²) in [7, 11) is 0. The van der Waals surface area contributed by atoms with Gasteiger partial charge in [0.05, 0.1) is 47.7 Å². The molecule has 1 aliphatic rings. The number of aliphatic hydroxyl groups excluding tert-OH is 1. The Balaban J connectivity index is 1.52. The van der Waals surface area contributed by atoms with Crippen LogP contribution in [0.25, 0.3) is 16.6 Å². The van der Waals surface area contributed by atoms with E-state index in [4.69, 9.17) is 0 Å². The van der Waals surface area contributed by atoms with Crippen molar-refractivity contribution in [2.75, 3.05) is 5.32 Å². The number of pyridine rings is 2. The lowest BCUT2D eigenvalue weighted by atomic mass is 9.89. The molecular formula is C22H18F3N5O2. The Bertz CT molecular complexity index is 1360. The number of benzene rings is 1. The van der Waals surface area contributed by atoms with Crippen LogP contribution in [0.2, 0.25) is 0 Å². The third-order valence-corrected chi connectivity index (χ3v) is 5.75. The molecule has 1 aliphatic carbocycles. The van der Waals surface area contributed by atoms with Gasteiger partial charge in [0.25, 0.3) is 5.56 Å². The molecule has 0 aliphatic heterocycles. The van der Waals surface area contributed by atoms with Crippen molar-refractivity contribution >= 4 is 16.7 Å². The van der Waals surface area contributed by atoms with E-state index < -0.39 is 29.1 Å². The molecule has 0 saturated heterocycles. The van der Waals surface area contributed by atoms with Crippen molar-refractivity contribution in [2.45, 2.75) is 31.5 Å². The predicted molar refractivity (Wildman–Crippen MR) is 111 cm³/mol. The first kappa shape index (κ1) is 20.3. The number of aliphatic hydroxyl groups is 1. The molecule has 0 bridgehead atoms. The Kier molecular flexibility index (Phi) is 4.93. The van der Waals surface area contributed by atoms with Crippen LogP contribution in [0, 0.1) is 17.5 Å². The molecule has 5 rings (SSSR count). The van der Waals surface area contributed by atoms with Crippen LogP contribution in [0.3, 0.4) is 0 Å². The van der Waals surface area contributed by atoms with Crippen molar-refractivity contribution in [3.63, 3.8) is 0 Å². The normalized spacial score (nSPS) is 18.0. The molecule has 2 N–H and O–H groups in total. The lowest BCUT2D eigenvalue weighted by Gasteiger charge is -2.33. The summed E-state index contributed by atoms with van der Waals surface area (Å²) in [6.07, 6.45) is 4.63. The molecule has 3 aromatic heterocycles. The van der Waals surface area contributed by atoms with Crippen LogP contribution in [0.15, 0.2) is 53.7 Å². The number of anilines is 1. The second-order valence-electron chi connectivity index (χ2n) is 7.71. The summed E-state index contributed by atoms with van der Waals surface area (Å²) in [6, 6.07) is 6.33. The quantitative estimate of drug-likeness (QED) is 0.498. The highest BCUT2D eigenvalue weighted by Crippen LogP contribution is 2.25. The van der Waals surface area contributed by atoms with Crippen molar-refractivity contribution in [3.8, 4) is 5.69 Å². The zero-order chi connectivity index (χ0) is 22.4. The maximum atomic E-state index is 14.5. The fourth-order valence-electron chi connectivity index (χ4n) is 3.76. The average Bonchev–Trinajstić information content (AvgIpc) is 3.19. The van der Waals surface area contributed by atoms with E-state index in [-0.39, 0.29) is 29.2 Å². The zero-order valence-corrected chi connectivity index (χ0v) is 16.7. The molecule has 2 atom stereocenters. The van der Waals surface area contributed by atoms with Crippen LogP contribution in [-0.4, -0.2) is 36.6 Å². The summed E-state index contributed by atoms with van der Waals surface area (Å²) in [5, 5.41) is 17.0. The number of nitrogens with one attached hydrogen (secondary N) is 1. The first-order chi connectivity index (χ1) is 15.4. The minimum Gasteiger partial charge on any atom is -0.391 e. The van der Waals surface area contributed by atoms with Gasteiger partial charge in [-0.1, -0.05) is 6.07 Å². The molecule has 164 valence electrons. The van der Waals surface area contributed by atoms with E-state index in [0.717, 1.165) is 29.3 Å². The molecule has 0 amide bonds. The molecule has 0 radical (unpaired) electrons.